The highest BCUT2D eigenvalue weighted by atomic mass is 16.4. The first-order valence-electron chi connectivity index (χ1n) is 6.23. The van der Waals surface area contributed by atoms with Crippen LogP contribution in [0.25, 0.3) is 6.08 Å². The quantitative estimate of drug-likeness (QED) is 0.835. The molecule has 1 aliphatic rings. The van der Waals surface area contributed by atoms with Gasteiger partial charge in [-0.3, -0.25) is 0 Å². The topological polar surface area (TPSA) is 76.2 Å². The molecule has 1 N–H and O–H groups in total. The standard InChI is InChI=1S/C13H18N2O3/c1-13(2)8-4-3-5-9(13)12-15-14-10(18-12)6-7-11(16)17/h6-7,9H,3-5,8H2,1-2H3,(H,16,17)/b7-6+. The maximum atomic E-state index is 10.4. The molecule has 5 nitrogen and oxygen atoms in total. The Bertz CT molecular complexity index is 463. The highest BCUT2D eigenvalue weighted by Crippen LogP contribution is 2.46. The lowest BCUT2D eigenvalue weighted by atomic mass is 9.69. The molecule has 0 amide bonds. The molecule has 1 aromatic rings. The highest BCUT2D eigenvalue weighted by Gasteiger charge is 2.36. The molecule has 1 fully saturated rings. The van der Waals surface area contributed by atoms with Gasteiger partial charge in [0, 0.05) is 18.1 Å². The fourth-order valence-electron chi connectivity index (χ4n) is 2.55. The van der Waals surface area contributed by atoms with Gasteiger partial charge in [-0.2, -0.15) is 0 Å². The number of carboxylic acid groups (broad SMARTS) is 1. The van der Waals surface area contributed by atoms with E-state index in [4.69, 9.17) is 9.52 Å². The predicted molar refractivity (Wildman–Crippen MR) is 66.0 cm³/mol. The van der Waals surface area contributed by atoms with E-state index in [1.807, 2.05) is 0 Å². The van der Waals surface area contributed by atoms with Crippen LogP contribution in [0.5, 0.6) is 0 Å². The fraction of sp³-hybridized carbons (Fsp3) is 0.615. The zero-order valence-corrected chi connectivity index (χ0v) is 10.7. The summed E-state index contributed by atoms with van der Waals surface area (Å²) in [5.74, 6) is 0.136. The lowest BCUT2D eigenvalue weighted by Crippen LogP contribution is -2.26. The molecule has 0 bridgehead atoms. The van der Waals surface area contributed by atoms with Crippen molar-refractivity contribution in [2.75, 3.05) is 0 Å². The monoisotopic (exact) mass is 250 g/mol. The van der Waals surface area contributed by atoms with Crippen molar-refractivity contribution < 1.29 is 14.3 Å². The summed E-state index contributed by atoms with van der Waals surface area (Å²) in [4.78, 5) is 10.4. The van der Waals surface area contributed by atoms with Gasteiger partial charge in [0.25, 0.3) is 0 Å². The first-order valence-corrected chi connectivity index (χ1v) is 6.23. The molecule has 1 heterocycles. The molecule has 1 aromatic heterocycles. The van der Waals surface area contributed by atoms with Gasteiger partial charge < -0.3 is 9.52 Å². The number of carboxylic acids is 1. The van der Waals surface area contributed by atoms with E-state index >= 15 is 0 Å². The summed E-state index contributed by atoms with van der Waals surface area (Å²) in [5, 5.41) is 16.5. The van der Waals surface area contributed by atoms with Crippen molar-refractivity contribution in [2.45, 2.75) is 45.4 Å². The van der Waals surface area contributed by atoms with E-state index in [1.54, 1.807) is 0 Å². The molecule has 1 aliphatic carbocycles. The van der Waals surface area contributed by atoms with E-state index < -0.39 is 5.97 Å². The SMILES string of the molecule is CC1(C)CCCCC1c1nnc(/C=C/C(=O)O)o1. The Morgan fingerprint density at radius 2 is 2.22 bits per heavy atom. The van der Waals surface area contributed by atoms with Crippen molar-refractivity contribution in [1.29, 1.82) is 0 Å². The van der Waals surface area contributed by atoms with E-state index in [0.29, 0.717) is 5.89 Å². The third kappa shape index (κ3) is 2.78. The first kappa shape index (κ1) is 12.8. The molecule has 18 heavy (non-hydrogen) atoms. The smallest absolute Gasteiger partial charge is 0.328 e. The Kier molecular flexibility index (Phi) is 3.50. The number of rotatable bonds is 3. The molecule has 0 radical (unpaired) electrons. The van der Waals surface area contributed by atoms with E-state index in [1.165, 1.54) is 18.9 Å². The van der Waals surface area contributed by atoms with E-state index in [0.717, 1.165) is 18.9 Å². The average molecular weight is 250 g/mol. The number of hydrogen-bond donors (Lipinski definition) is 1. The van der Waals surface area contributed by atoms with Gasteiger partial charge in [0.1, 0.15) is 0 Å². The van der Waals surface area contributed by atoms with Crippen LogP contribution in [0.15, 0.2) is 10.5 Å². The molecule has 1 atom stereocenters. The Morgan fingerprint density at radius 1 is 1.44 bits per heavy atom. The molecule has 0 aromatic carbocycles. The van der Waals surface area contributed by atoms with Crippen molar-refractivity contribution in [3.63, 3.8) is 0 Å². The summed E-state index contributed by atoms with van der Waals surface area (Å²) < 4.78 is 5.54. The van der Waals surface area contributed by atoms with Crippen molar-refractivity contribution in [3.05, 3.63) is 17.9 Å². The van der Waals surface area contributed by atoms with Crippen molar-refractivity contribution in [1.82, 2.24) is 10.2 Å². The number of nitrogens with zero attached hydrogens (tertiary/aromatic N) is 2. The molecule has 98 valence electrons. The van der Waals surface area contributed by atoms with Gasteiger partial charge in [-0.1, -0.05) is 26.7 Å². The number of carbonyl (C=O) groups is 1. The van der Waals surface area contributed by atoms with Crippen LogP contribution in [0.3, 0.4) is 0 Å². The molecular formula is C13H18N2O3. The lowest BCUT2D eigenvalue weighted by Gasteiger charge is -2.36. The summed E-state index contributed by atoms with van der Waals surface area (Å²) in [6, 6.07) is 0. The summed E-state index contributed by atoms with van der Waals surface area (Å²) in [6.45, 7) is 4.43. The zero-order chi connectivity index (χ0) is 13.2. The van der Waals surface area contributed by atoms with Crippen LogP contribution in [0.4, 0.5) is 0 Å². The molecule has 5 heteroatoms. The van der Waals surface area contributed by atoms with Gasteiger partial charge in [-0.25, -0.2) is 4.79 Å². The van der Waals surface area contributed by atoms with Crippen molar-refractivity contribution in [2.24, 2.45) is 5.41 Å². The number of aromatic nitrogens is 2. The van der Waals surface area contributed by atoms with Crippen LogP contribution in [0.1, 0.15) is 57.2 Å². The van der Waals surface area contributed by atoms with Crippen LogP contribution in [0.2, 0.25) is 0 Å². The van der Waals surface area contributed by atoms with Gasteiger partial charge in [-0.05, 0) is 18.3 Å². The number of hydrogen-bond acceptors (Lipinski definition) is 4. The minimum Gasteiger partial charge on any atom is -0.478 e. The predicted octanol–water partition coefficient (Wildman–Crippen LogP) is 2.85. The van der Waals surface area contributed by atoms with Crippen LogP contribution in [-0.2, 0) is 4.79 Å². The summed E-state index contributed by atoms with van der Waals surface area (Å²) >= 11 is 0. The van der Waals surface area contributed by atoms with Gasteiger partial charge in [0.2, 0.25) is 11.8 Å². The average Bonchev–Trinajstić information content (AvgIpc) is 2.74. The van der Waals surface area contributed by atoms with E-state index in [2.05, 4.69) is 24.0 Å². The first-order chi connectivity index (χ1) is 8.49. The minimum absolute atomic E-state index is 0.165. The Labute approximate surface area is 106 Å². The Hall–Kier alpha value is -1.65. The van der Waals surface area contributed by atoms with E-state index in [-0.39, 0.29) is 17.2 Å². The minimum atomic E-state index is -1.02. The fourth-order valence-corrected chi connectivity index (χ4v) is 2.55. The molecule has 0 spiro atoms. The normalized spacial score (nSPS) is 23.3. The second kappa shape index (κ2) is 4.92. The number of aliphatic carboxylic acids is 1. The van der Waals surface area contributed by atoms with Gasteiger partial charge >= 0.3 is 5.97 Å². The summed E-state index contributed by atoms with van der Waals surface area (Å²) in [6.07, 6.45) is 6.95. The highest BCUT2D eigenvalue weighted by molar-refractivity contribution is 5.84. The molecule has 1 saturated carbocycles. The second-order valence-corrected chi connectivity index (χ2v) is 5.44. The van der Waals surface area contributed by atoms with Crippen LogP contribution in [-0.4, -0.2) is 21.3 Å². The third-order valence-electron chi connectivity index (χ3n) is 3.63. The maximum Gasteiger partial charge on any atom is 0.328 e. The van der Waals surface area contributed by atoms with Gasteiger partial charge in [-0.15, -0.1) is 10.2 Å². The molecule has 0 aliphatic heterocycles. The van der Waals surface area contributed by atoms with Crippen LogP contribution in [0, 0.1) is 5.41 Å². The van der Waals surface area contributed by atoms with Crippen molar-refractivity contribution >= 4 is 12.0 Å². The van der Waals surface area contributed by atoms with Gasteiger partial charge in [0.05, 0.1) is 0 Å². The van der Waals surface area contributed by atoms with Gasteiger partial charge in [0.15, 0.2) is 0 Å². The maximum absolute atomic E-state index is 10.4. The lowest BCUT2D eigenvalue weighted by molar-refractivity contribution is -0.131. The molecule has 1 unspecified atom stereocenters. The second-order valence-electron chi connectivity index (χ2n) is 5.44. The Morgan fingerprint density at radius 3 is 2.89 bits per heavy atom. The summed E-state index contributed by atoms with van der Waals surface area (Å²) in [7, 11) is 0. The van der Waals surface area contributed by atoms with Crippen LogP contribution >= 0.6 is 0 Å². The molecule has 0 saturated heterocycles. The zero-order valence-electron chi connectivity index (χ0n) is 10.7. The van der Waals surface area contributed by atoms with E-state index in [9.17, 15) is 4.79 Å². The van der Waals surface area contributed by atoms with Crippen molar-refractivity contribution in [3.8, 4) is 0 Å². The summed E-state index contributed by atoms with van der Waals surface area (Å²) in [5.41, 5.74) is 0.165. The van der Waals surface area contributed by atoms with Crippen LogP contribution < -0.4 is 0 Å². The molecule has 2 rings (SSSR count). The largest absolute Gasteiger partial charge is 0.478 e. The molecular weight excluding hydrogens is 232 g/mol. The third-order valence-corrected chi connectivity index (χ3v) is 3.63. The Balaban J connectivity index is 2.16.